The minimum absolute atomic E-state index is 0.404. The molecule has 0 atom stereocenters. The monoisotopic (exact) mass is 266 g/mol. The number of nitriles is 1. The molecule has 0 unspecified atom stereocenters. The summed E-state index contributed by atoms with van der Waals surface area (Å²) in [4.78, 5) is 2.28. The lowest BCUT2D eigenvalue weighted by Crippen LogP contribution is -2.38. The second-order valence-electron chi connectivity index (χ2n) is 4.03. The summed E-state index contributed by atoms with van der Waals surface area (Å²) in [6, 6.07) is 7.30. The second-order valence-corrected chi connectivity index (χ2v) is 4.43. The minimum Gasteiger partial charge on any atom is -0.491 e. The van der Waals surface area contributed by atoms with Crippen molar-refractivity contribution in [2.24, 2.45) is 0 Å². The molecule has 5 heteroatoms. The average Bonchev–Trinajstić information content (AvgIpc) is 2.40. The maximum Gasteiger partial charge on any atom is 0.138 e. The summed E-state index contributed by atoms with van der Waals surface area (Å²) >= 11 is 5.93. The number of rotatable bonds is 4. The van der Waals surface area contributed by atoms with E-state index in [4.69, 9.17) is 26.3 Å². The van der Waals surface area contributed by atoms with Gasteiger partial charge in [0.2, 0.25) is 0 Å². The quantitative estimate of drug-likeness (QED) is 0.835. The number of ether oxygens (including phenoxy) is 2. The van der Waals surface area contributed by atoms with Crippen LogP contribution in [0.2, 0.25) is 5.02 Å². The van der Waals surface area contributed by atoms with Gasteiger partial charge in [0.1, 0.15) is 24.0 Å². The number of hydrogen-bond acceptors (Lipinski definition) is 4. The molecule has 1 saturated heterocycles. The van der Waals surface area contributed by atoms with Gasteiger partial charge in [-0.05, 0) is 12.1 Å². The van der Waals surface area contributed by atoms with E-state index < -0.39 is 0 Å². The Balaban J connectivity index is 1.86. The van der Waals surface area contributed by atoms with Gasteiger partial charge in [-0.15, -0.1) is 0 Å². The molecule has 0 aliphatic carbocycles. The lowest BCUT2D eigenvalue weighted by Gasteiger charge is -2.26. The van der Waals surface area contributed by atoms with Gasteiger partial charge in [-0.2, -0.15) is 5.26 Å². The van der Waals surface area contributed by atoms with E-state index in [2.05, 4.69) is 11.0 Å². The summed E-state index contributed by atoms with van der Waals surface area (Å²) in [5, 5.41) is 9.44. The van der Waals surface area contributed by atoms with Crippen LogP contribution >= 0.6 is 11.6 Å². The number of benzene rings is 1. The topological polar surface area (TPSA) is 45.5 Å². The molecule has 0 amide bonds. The molecule has 1 heterocycles. The number of nitrogens with zero attached hydrogens (tertiary/aromatic N) is 2. The van der Waals surface area contributed by atoms with Gasteiger partial charge in [0.05, 0.1) is 18.2 Å². The highest BCUT2D eigenvalue weighted by Gasteiger charge is 2.11. The van der Waals surface area contributed by atoms with E-state index in [9.17, 15) is 0 Å². The first-order chi connectivity index (χ1) is 8.81. The highest BCUT2D eigenvalue weighted by molar-refractivity contribution is 6.31. The minimum atomic E-state index is 0.404. The predicted molar refractivity (Wildman–Crippen MR) is 68.9 cm³/mol. The van der Waals surface area contributed by atoms with Crippen molar-refractivity contribution in [3.63, 3.8) is 0 Å². The van der Waals surface area contributed by atoms with Gasteiger partial charge in [0.25, 0.3) is 0 Å². The molecule has 0 saturated carbocycles. The van der Waals surface area contributed by atoms with Crippen LogP contribution in [0.25, 0.3) is 0 Å². The van der Waals surface area contributed by atoms with E-state index in [-0.39, 0.29) is 0 Å². The molecule has 4 nitrogen and oxygen atoms in total. The van der Waals surface area contributed by atoms with E-state index in [0.29, 0.717) is 22.9 Å². The van der Waals surface area contributed by atoms with Crippen LogP contribution in [0.5, 0.6) is 5.75 Å². The Morgan fingerprint density at radius 3 is 2.89 bits per heavy atom. The van der Waals surface area contributed by atoms with Gasteiger partial charge in [-0.3, -0.25) is 4.90 Å². The van der Waals surface area contributed by atoms with Crippen LogP contribution in [-0.4, -0.2) is 44.4 Å². The molecule has 1 aromatic carbocycles. The molecule has 96 valence electrons. The maximum absolute atomic E-state index is 9.01. The van der Waals surface area contributed by atoms with Crippen molar-refractivity contribution in [2.45, 2.75) is 0 Å². The van der Waals surface area contributed by atoms with Gasteiger partial charge in [-0.1, -0.05) is 17.7 Å². The fraction of sp³-hybridized carbons (Fsp3) is 0.462. The first kappa shape index (κ1) is 13.2. The second kappa shape index (κ2) is 6.60. The molecule has 0 bridgehead atoms. The summed E-state index contributed by atoms with van der Waals surface area (Å²) in [5.41, 5.74) is 0.404. The SMILES string of the molecule is N#Cc1c(Cl)cccc1OCCN1CCOCC1. The van der Waals surface area contributed by atoms with Crippen LogP contribution in [0.3, 0.4) is 0 Å². The van der Waals surface area contributed by atoms with E-state index >= 15 is 0 Å². The molecule has 2 rings (SSSR count). The first-order valence-corrected chi connectivity index (χ1v) is 6.30. The highest BCUT2D eigenvalue weighted by Crippen LogP contribution is 2.25. The summed E-state index contributed by atoms with van der Waals surface area (Å²) < 4.78 is 10.9. The van der Waals surface area contributed by atoms with E-state index in [1.165, 1.54) is 0 Å². The molecule has 0 aromatic heterocycles. The zero-order valence-corrected chi connectivity index (χ0v) is 10.8. The zero-order valence-electron chi connectivity index (χ0n) is 10.1. The Labute approximate surface area is 112 Å². The van der Waals surface area contributed by atoms with Gasteiger partial charge in [0, 0.05) is 19.6 Å². The van der Waals surface area contributed by atoms with Crippen molar-refractivity contribution >= 4 is 11.6 Å². The van der Waals surface area contributed by atoms with E-state index in [1.807, 2.05) is 0 Å². The third-order valence-electron chi connectivity index (χ3n) is 2.86. The summed E-state index contributed by atoms with van der Waals surface area (Å²) in [6.45, 7) is 4.81. The summed E-state index contributed by atoms with van der Waals surface area (Å²) in [5.74, 6) is 0.554. The molecule has 18 heavy (non-hydrogen) atoms. The van der Waals surface area contributed by atoms with E-state index in [0.717, 1.165) is 32.8 Å². The highest BCUT2D eigenvalue weighted by atomic mass is 35.5. The van der Waals surface area contributed by atoms with Gasteiger partial charge in [0.15, 0.2) is 0 Å². The predicted octanol–water partition coefficient (Wildman–Crippen LogP) is 1.92. The molecule has 1 aliphatic rings. The Kier molecular flexibility index (Phi) is 4.82. The normalized spacial score (nSPS) is 16.2. The van der Waals surface area contributed by atoms with Gasteiger partial charge in [-0.25, -0.2) is 0 Å². The van der Waals surface area contributed by atoms with Crippen LogP contribution in [0.4, 0.5) is 0 Å². The molecular weight excluding hydrogens is 252 g/mol. The van der Waals surface area contributed by atoms with Crippen LogP contribution in [0.15, 0.2) is 18.2 Å². The van der Waals surface area contributed by atoms with Crippen LogP contribution in [0.1, 0.15) is 5.56 Å². The maximum atomic E-state index is 9.01. The zero-order chi connectivity index (χ0) is 12.8. The van der Waals surface area contributed by atoms with Crippen molar-refractivity contribution in [2.75, 3.05) is 39.5 Å². The number of morpholine rings is 1. The average molecular weight is 267 g/mol. The third kappa shape index (κ3) is 3.36. The van der Waals surface area contributed by atoms with Crippen LogP contribution < -0.4 is 4.74 Å². The lowest BCUT2D eigenvalue weighted by atomic mass is 10.2. The van der Waals surface area contributed by atoms with Crippen molar-refractivity contribution < 1.29 is 9.47 Å². The Bertz CT molecular complexity index is 439. The van der Waals surface area contributed by atoms with Crippen LogP contribution in [-0.2, 0) is 4.74 Å². The van der Waals surface area contributed by atoms with Crippen molar-refractivity contribution in [3.8, 4) is 11.8 Å². The fourth-order valence-corrected chi connectivity index (χ4v) is 2.05. The van der Waals surface area contributed by atoms with Crippen molar-refractivity contribution in [3.05, 3.63) is 28.8 Å². The van der Waals surface area contributed by atoms with Gasteiger partial charge < -0.3 is 9.47 Å². The van der Waals surface area contributed by atoms with Crippen molar-refractivity contribution in [1.29, 1.82) is 5.26 Å². The molecule has 0 radical (unpaired) electrons. The molecular formula is C13H15ClN2O2. The van der Waals surface area contributed by atoms with Crippen molar-refractivity contribution in [1.82, 2.24) is 4.90 Å². The standard InChI is InChI=1S/C13H15ClN2O2/c14-12-2-1-3-13(11(12)10-15)18-9-6-16-4-7-17-8-5-16/h1-3H,4-9H2. The molecule has 0 N–H and O–H groups in total. The first-order valence-electron chi connectivity index (χ1n) is 5.93. The Hall–Kier alpha value is -1.28. The lowest BCUT2D eigenvalue weighted by molar-refractivity contribution is 0.0322. The number of halogens is 1. The molecule has 0 spiro atoms. The Morgan fingerprint density at radius 1 is 1.39 bits per heavy atom. The van der Waals surface area contributed by atoms with Gasteiger partial charge >= 0.3 is 0 Å². The summed E-state index contributed by atoms with van der Waals surface area (Å²) in [6.07, 6.45) is 0. The molecule has 1 fully saturated rings. The third-order valence-corrected chi connectivity index (χ3v) is 3.17. The number of hydrogen-bond donors (Lipinski definition) is 0. The van der Waals surface area contributed by atoms with E-state index in [1.54, 1.807) is 18.2 Å². The molecule has 1 aliphatic heterocycles. The smallest absolute Gasteiger partial charge is 0.138 e. The van der Waals surface area contributed by atoms with Crippen LogP contribution in [0, 0.1) is 11.3 Å². The summed E-state index contributed by atoms with van der Waals surface area (Å²) in [7, 11) is 0. The largest absolute Gasteiger partial charge is 0.491 e. The fourth-order valence-electron chi connectivity index (χ4n) is 1.84. The molecule has 1 aromatic rings. The Morgan fingerprint density at radius 2 is 2.17 bits per heavy atom.